The number of hydrogen-bond donors (Lipinski definition) is 1. The third-order valence-corrected chi connectivity index (χ3v) is 3.57. The van der Waals surface area contributed by atoms with Crippen LogP contribution in [0.15, 0.2) is 42.5 Å². The van der Waals surface area contributed by atoms with Gasteiger partial charge in [-0.25, -0.2) is 0 Å². The highest BCUT2D eigenvalue weighted by atomic mass is 35.5. The molecule has 1 unspecified atom stereocenters. The van der Waals surface area contributed by atoms with Gasteiger partial charge in [-0.2, -0.15) is 5.26 Å². The Morgan fingerprint density at radius 1 is 1.11 bits per heavy atom. The first-order valence-corrected chi connectivity index (χ1v) is 6.48. The summed E-state index contributed by atoms with van der Waals surface area (Å²) < 4.78 is 0. The molecule has 2 rings (SSSR count). The molecule has 96 valence electrons. The van der Waals surface area contributed by atoms with E-state index in [1.807, 2.05) is 6.07 Å². The van der Waals surface area contributed by atoms with Crippen molar-refractivity contribution < 1.29 is 5.11 Å². The van der Waals surface area contributed by atoms with Gasteiger partial charge in [-0.1, -0.05) is 41.4 Å². The minimum absolute atomic E-state index is 0.313. The van der Waals surface area contributed by atoms with Crippen LogP contribution in [-0.2, 0) is 6.42 Å². The van der Waals surface area contributed by atoms with Crippen LogP contribution < -0.4 is 0 Å². The number of aliphatic hydroxyl groups is 1. The van der Waals surface area contributed by atoms with Gasteiger partial charge in [0.15, 0.2) is 0 Å². The molecule has 0 aromatic heterocycles. The quantitative estimate of drug-likeness (QED) is 0.924. The highest BCUT2D eigenvalue weighted by molar-refractivity contribution is 6.36. The lowest BCUT2D eigenvalue weighted by atomic mass is 10.00. The fourth-order valence-electron chi connectivity index (χ4n) is 1.85. The number of benzene rings is 2. The van der Waals surface area contributed by atoms with E-state index in [4.69, 9.17) is 28.5 Å². The van der Waals surface area contributed by atoms with Crippen molar-refractivity contribution in [3.05, 3.63) is 69.2 Å². The Labute approximate surface area is 121 Å². The van der Waals surface area contributed by atoms with E-state index in [0.717, 1.165) is 0 Å². The highest BCUT2D eigenvalue weighted by Gasteiger charge is 2.13. The number of rotatable bonds is 3. The predicted molar refractivity (Wildman–Crippen MR) is 76.3 cm³/mol. The number of aliphatic hydroxyl groups excluding tert-OH is 1. The Kier molecular flexibility index (Phi) is 4.44. The molecule has 2 nitrogen and oxygen atoms in total. The van der Waals surface area contributed by atoms with E-state index in [1.54, 1.807) is 42.5 Å². The first-order valence-electron chi connectivity index (χ1n) is 5.73. The van der Waals surface area contributed by atoms with Crippen molar-refractivity contribution in [3.63, 3.8) is 0 Å². The largest absolute Gasteiger partial charge is 0.388 e. The van der Waals surface area contributed by atoms with Crippen molar-refractivity contribution in [2.24, 2.45) is 0 Å². The Balaban J connectivity index is 2.26. The molecule has 0 aliphatic rings. The van der Waals surface area contributed by atoms with Crippen LogP contribution in [0, 0.1) is 11.3 Å². The summed E-state index contributed by atoms with van der Waals surface area (Å²) in [5.41, 5.74) is 1.90. The molecule has 0 aliphatic heterocycles. The van der Waals surface area contributed by atoms with Crippen molar-refractivity contribution in [1.82, 2.24) is 0 Å². The normalized spacial score (nSPS) is 11.9. The van der Waals surface area contributed by atoms with Crippen LogP contribution in [0.2, 0.25) is 10.0 Å². The van der Waals surface area contributed by atoms with Crippen LogP contribution in [0.1, 0.15) is 22.8 Å². The fourth-order valence-corrected chi connectivity index (χ4v) is 2.41. The van der Waals surface area contributed by atoms with Gasteiger partial charge in [0.2, 0.25) is 0 Å². The molecule has 0 amide bonds. The SMILES string of the molecule is N#Cc1cccc(C(O)Cc2c(Cl)cccc2Cl)c1. The first kappa shape index (κ1) is 13.9. The maximum Gasteiger partial charge on any atom is 0.0991 e. The molecular weight excluding hydrogens is 281 g/mol. The molecule has 0 saturated heterocycles. The molecule has 4 heteroatoms. The number of nitriles is 1. The maximum atomic E-state index is 10.2. The van der Waals surface area contributed by atoms with E-state index >= 15 is 0 Å². The molecule has 2 aromatic carbocycles. The Morgan fingerprint density at radius 2 is 1.74 bits per heavy atom. The lowest BCUT2D eigenvalue weighted by Crippen LogP contribution is -2.03. The number of nitrogens with zero attached hydrogens (tertiary/aromatic N) is 1. The zero-order valence-corrected chi connectivity index (χ0v) is 11.5. The second-order valence-electron chi connectivity index (χ2n) is 4.16. The molecule has 0 spiro atoms. The van der Waals surface area contributed by atoms with Crippen molar-refractivity contribution in [2.45, 2.75) is 12.5 Å². The number of hydrogen-bond acceptors (Lipinski definition) is 2. The van der Waals surface area contributed by atoms with E-state index in [2.05, 4.69) is 0 Å². The Hall–Kier alpha value is -1.53. The first-order chi connectivity index (χ1) is 9.11. The molecule has 0 bridgehead atoms. The zero-order chi connectivity index (χ0) is 13.8. The van der Waals surface area contributed by atoms with Gasteiger partial charge in [-0.05, 0) is 35.4 Å². The van der Waals surface area contributed by atoms with Gasteiger partial charge >= 0.3 is 0 Å². The van der Waals surface area contributed by atoms with Crippen molar-refractivity contribution in [2.75, 3.05) is 0 Å². The highest BCUT2D eigenvalue weighted by Crippen LogP contribution is 2.29. The lowest BCUT2D eigenvalue weighted by molar-refractivity contribution is 0.178. The third kappa shape index (κ3) is 3.27. The standard InChI is InChI=1S/C15H11Cl2NO/c16-13-5-2-6-14(17)12(13)8-15(19)11-4-1-3-10(7-11)9-18/h1-7,15,19H,8H2. The second-order valence-corrected chi connectivity index (χ2v) is 4.97. The molecule has 1 N–H and O–H groups in total. The monoisotopic (exact) mass is 291 g/mol. The molecular formula is C15H11Cl2NO. The summed E-state index contributed by atoms with van der Waals surface area (Å²) in [6.45, 7) is 0. The molecule has 0 heterocycles. The minimum Gasteiger partial charge on any atom is -0.388 e. The van der Waals surface area contributed by atoms with E-state index < -0.39 is 6.10 Å². The molecule has 0 fully saturated rings. The van der Waals surface area contributed by atoms with Crippen LogP contribution in [0.5, 0.6) is 0 Å². The van der Waals surface area contributed by atoms with Crippen molar-refractivity contribution >= 4 is 23.2 Å². The summed E-state index contributed by atoms with van der Waals surface area (Å²) in [5, 5.41) is 20.1. The van der Waals surface area contributed by atoms with Crippen molar-refractivity contribution in [3.8, 4) is 6.07 Å². The van der Waals surface area contributed by atoms with E-state index in [9.17, 15) is 5.11 Å². The predicted octanol–water partition coefficient (Wildman–Crippen LogP) is 4.14. The smallest absolute Gasteiger partial charge is 0.0991 e. The van der Waals surface area contributed by atoms with Gasteiger partial charge in [0.1, 0.15) is 0 Å². The van der Waals surface area contributed by atoms with Gasteiger partial charge < -0.3 is 5.11 Å². The van der Waals surface area contributed by atoms with Crippen LogP contribution in [-0.4, -0.2) is 5.11 Å². The van der Waals surface area contributed by atoms with E-state index in [-0.39, 0.29) is 0 Å². The van der Waals surface area contributed by atoms with Gasteiger partial charge in [0, 0.05) is 16.5 Å². The second kappa shape index (κ2) is 6.08. The summed E-state index contributed by atoms with van der Waals surface area (Å²) in [6.07, 6.45) is -0.432. The molecule has 2 aromatic rings. The summed E-state index contributed by atoms with van der Waals surface area (Å²) in [7, 11) is 0. The summed E-state index contributed by atoms with van der Waals surface area (Å²) >= 11 is 12.1. The van der Waals surface area contributed by atoms with E-state index in [0.29, 0.717) is 33.2 Å². The molecule has 0 saturated carbocycles. The summed E-state index contributed by atoms with van der Waals surface area (Å²) in [6, 6.07) is 14.2. The van der Waals surface area contributed by atoms with Gasteiger partial charge in [0.05, 0.1) is 17.7 Å². The van der Waals surface area contributed by atoms with Crippen LogP contribution in [0.3, 0.4) is 0 Å². The molecule has 19 heavy (non-hydrogen) atoms. The zero-order valence-electron chi connectivity index (χ0n) is 9.98. The Bertz CT molecular complexity index is 614. The lowest BCUT2D eigenvalue weighted by Gasteiger charge is -2.13. The van der Waals surface area contributed by atoms with E-state index in [1.165, 1.54) is 0 Å². The minimum atomic E-state index is -0.745. The summed E-state index contributed by atoms with van der Waals surface area (Å²) in [4.78, 5) is 0. The van der Waals surface area contributed by atoms with Gasteiger partial charge in [-0.15, -0.1) is 0 Å². The maximum absolute atomic E-state index is 10.2. The average Bonchev–Trinajstić information content (AvgIpc) is 2.43. The van der Waals surface area contributed by atoms with Crippen LogP contribution in [0.25, 0.3) is 0 Å². The molecule has 0 aliphatic carbocycles. The fraction of sp³-hybridized carbons (Fsp3) is 0.133. The number of halogens is 2. The van der Waals surface area contributed by atoms with Crippen molar-refractivity contribution in [1.29, 1.82) is 5.26 Å². The molecule has 1 atom stereocenters. The molecule has 0 radical (unpaired) electrons. The Morgan fingerprint density at radius 3 is 2.37 bits per heavy atom. The van der Waals surface area contributed by atoms with Gasteiger partial charge in [0.25, 0.3) is 0 Å². The average molecular weight is 292 g/mol. The summed E-state index contributed by atoms with van der Waals surface area (Å²) in [5.74, 6) is 0. The van der Waals surface area contributed by atoms with Gasteiger partial charge in [-0.3, -0.25) is 0 Å². The van der Waals surface area contributed by atoms with Crippen LogP contribution in [0.4, 0.5) is 0 Å². The van der Waals surface area contributed by atoms with Crippen LogP contribution >= 0.6 is 23.2 Å². The third-order valence-electron chi connectivity index (χ3n) is 2.86. The topological polar surface area (TPSA) is 44.0 Å².